The zero-order chi connectivity index (χ0) is 28.5. The fourth-order valence-electron chi connectivity index (χ4n) is 6.82. The molecule has 3 heterocycles. The number of likely N-dealkylation sites (N-methyl/N-ethyl adjacent to an activating group) is 1. The van der Waals surface area contributed by atoms with Crippen LogP contribution in [0.1, 0.15) is 81.5 Å². The van der Waals surface area contributed by atoms with Crippen molar-refractivity contribution in [1.82, 2.24) is 20.2 Å². The van der Waals surface area contributed by atoms with Crippen molar-refractivity contribution in [2.45, 2.75) is 95.4 Å². The molecule has 2 aromatic rings. The van der Waals surface area contributed by atoms with E-state index in [0.29, 0.717) is 23.3 Å². The summed E-state index contributed by atoms with van der Waals surface area (Å²) in [5.41, 5.74) is 2.05. The second-order valence-corrected chi connectivity index (χ2v) is 12.2. The predicted molar refractivity (Wildman–Crippen MR) is 160 cm³/mol. The van der Waals surface area contributed by atoms with Gasteiger partial charge in [-0.1, -0.05) is 12.8 Å². The van der Waals surface area contributed by atoms with Crippen LogP contribution in [0.25, 0.3) is 0 Å². The number of anilines is 4. The maximum Gasteiger partial charge on any atom is 0.251 e. The van der Waals surface area contributed by atoms with Crippen LogP contribution in [0, 0.1) is 0 Å². The van der Waals surface area contributed by atoms with Crippen LogP contribution in [0.15, 0.2) is 24.4 Å². The van der Waals surface area contributed by atoms with E-state index in [0.717, 1.165) is 81.6 Å². The van der Waals surface area contributed by atoms with E-state index in [1.807, 2.05) is 25.1 Å². The van der Waals surface area contributed by atoms with Crippen LogP contribution in [-0.2, 0) is 4.79 Å². The summed E-state index contributed by atoms with van der Waals surface area (Å²) in [5.74, 6) is 1.87. The van der Waals surface area contributed by atoms with Gasteiger partial charge in [-0.3, -0.25) is 9.59 Å². The van der Waals surface area contributed by atoms with Crippen molar-refractivity contribution in [3.05, 3.63) is 30.0 Å². The number of piperidine rings is 1. The van der Waals surface area contributed by atoms with Gasteiger partial charge in [-0.2, -0.15) is 4.98 Å². The molecule has 0 bridgehead atoms. The zero-order valence-corrected chi connectivity index (χ0v) is 24.6. The third kappa shape index (κ3) is 5.84. The molecular formula is C31H43N7O3. The Kier molecular flexibility index (Phi) is 8.01. The maximum atomic E-state index is 13.2. The van der Waals surface area contributed by atoms with Crippen molar-refractivity contribution in [2.24, 2.45) is 0 Å². The molecule has 220 valence electrons. The molecule has 1 aromatic carbocycles. The summed E-state index contributed by atoms with van der Waals surface area (Å²) in [6.45, 7) is 3.95. The third-order valence-corrected chi connectivity index (χ3v) is 9.32. The van der Waals surface area contributed by atoms with Gasteiger partial charge in [0.25, 0.3) is 5.91 Å². The standard InChI is InChI=1S/C31H43N7O3/c1-20-30(40)37(3)26-19-32-31(35-28(26)38(20)23-8-4-5-9-23)34-25-13-12-21(18-27(25)41-24-10-6-7-11-24)29(39)33-22-14-16-36(2)17-15-22/h12-13,18-20,22-24H,4-11,14-17H2,1-3H3,(H,33,39)(H,32,34,35). The Bertz CT molecular complexity index is 1270. The third-order valence-electron chi connectivity index (χ3n) is 9.32. The van der Waals surface area contributed by atoms with E-state index in [4.69, 9.17) is 9.72 Å². The molecule has 1 saturated heterocycles. The Labute approximate surface area is 242 Å². The number of likely N-dealkylation sites (tertiary alicyclic amines) is 1. The molecule has 2 saturated carbocycles. The van der Waals surface area contributed by atoms with Crippen molar-refractivity contribution < 1.29 is 14.3 Å². The number of nitrogens with zero attached hydrogens (tertiary/aromatic N) is 5. The molecule has 2 aliphatic heterocycles. The van der Waals surface area contributed by atoms with Crippen LogP contribution < -0.4 is 25.2 Å². The van der Waals surface area contributed by atoms with Crippen LogP contribution in [0.2, 0.25) is 0 Å². The van der Waals surface area contributed by atoms with Gasteiger partial charge in [-0.15, -0.1) is 0 Å². The summed E-state index contributed by atoms with van der Waals surface area (Å²) in [5, 5.41) is 6.61. The van der Waals surface area contributed by atoms with Crippen LogP contribution in [-0.4, -0.2) is 78.1 Å². The molecular weight excluding hydrogens is 518 g/mol. The first-order chi connectivity index (χ1) is 19.9. The molecule has 41 heavy (non-hydrogen) atoms. The number of amides is 2. The molecule has 4 aliphatic rings. The van der Waals surface area contributed by atoms with E-state index in [9.17, 15) is 9.59 Å². The summed E-state index contributed by atoms with van der Waals surface area (Å²) >= 11 is 0. The first-order valence-corrected chi connectivity index (χ1v) is 15.4. The summed E-state index contributed by atoms with van der Waals surface area (Å²) in [6, 6.07) is 5.79. The van der Waals surface area contributed by atoms with Gasteiger partial charge < -0.3 is 30.1 Å². The number of ether oxygens (including phenoxy) is 1. The number of benzene rings is 1. The number of carbonyl (C=O) groups excluding carboxylic acids is 2. The molecule has 3 fully saturated rings. The highest BCUT2D eigenvalue weighted by atomic mass is 16.5. The Hall–Kier alpha value is -3.40. The van der Waals surface area contributed by atoms with Crippen LogP contribution >= 0.6 is 0 Å². The van der Waals surface area contributed by atoms with Crippen LogP contribution in [0.5, 0.6) is 5.75 Å². The van der Waals surface area contributed by atoms with E-state index >= 15 is 0 Å². The maximum absolute atomic E-state index is 13.2. The second kappa shape index (κ2) is 11.8. The second-order valence-electron chi connectivity index (χ2n) is 12.2. The first-order valence-electron chi connectivity index (χ1n) is 15.4. The lowest BCUT2D eigenvalue weighted by Gasteiger charge is -2.42. The minimum absolute atomic E-state index is 0.0649. The van der Waals surface area contributed by atoms with Gasteiger partial charge in [-0.25, -0.2) is 4.98 Å². The SMILES string of the molecule is CC1C(=O)N(C)c2cnc(Nc3ccc(C(=O)NC4CCN(C)CC4)cc3OC3CCCC3)nc2N1C1CCCC1. The van der Waals surface area contributed by atoms with E-state index in [2.05, 4.69) is 32.5 Å². The molecule has 2 amide bonds. The highest BCUT2D eigenvalue weighted by Crippen LogP contribution is 2.40. The first kappa shape index (κ1) is 27.8. The summed E-state index contributed by atoms with van der Waals surface area (Å²) in [7, 11) is 3.91. The fourth-order valence-corrected chi connectivity index (χ4v) is 6.82. The van der Waals surface area contributed by atoms with Crippen LogP contribution in [0.3, 0.4) is 0 Å². The summed E-state index contributed by atoms with van der Waals surface area (Å²) in [4.78, 5) is 41.9. The number of carbonyl (C=O) groups is 2. The molecule has 1 atom stereocenters. The number of rotatable bonds is 7. The van der Waals surface area contributed by atoms with Crippen molar-refractivity contribution >= 4 is 35.0 Å². The molecule has 1 unspecified atom stereocenters. The Morgan fingerprint density at radius 2 is 1.71 bits per heavy atom. The molecule has 6 rings (SSSR count). The molecule has 0 radical (unpaired) electrons. The summed E-state index contributed by atoms with van der Waals surface area (Å²) < 4.78 is 6.47. The fraction of sp³-hybridized carbons (Fsp3) is 0.613. The average Bonchev–Trinajstić information content (AvgIpc) is 3.69. The van der Waals surface area contributed by atoms with Gasteiger partial charge in [0, 0.05) is 24.7 Å². The summed E-state index contributed by atoms with van der Waals surface area (Å²) in [6.07, 6.45) is 12.6. The van der Waals surface area contributed by atoms with Gasteiger partial charge in [0.2, 0.25) is 11.9 Å². The highest BCUT2D eigenvalue weighted by molar-refractivity contribution is 6.04. The normalized spacial score (nSPS) is 22.7. The minimum atomic E-state index is -0.276. The Balaban J connectivity index is 1.27. The Morgan fingerprint density at radius 3 is 2.44 bits per heavy atom. The highest BCUT2D eigenvalue weighted by Gasteiger charge is 2.39. The lowest BCUT2D eigenvalue weighted by molar-refractivity contribution is -0.119. The lowest BCUT2D eigenvalue weighted by Crippen LogP contribution is -2.54. The monoisotopic (exact) mass is 561 g/mol. The quantitative estimate of drug-likeness (QED) is 0.510. The van der Waals surface area contributed by atoms with E-state index in [1.54, 1.807) is 18.1 Å². The number of hydrogen-bond acceptors (Lipinski definition) is 8. The van der Waals surface area contributed by atoms with Gasteiger partial charge in [0.05, 0.1) is 18.0 Å². The topological polar surface area (TPSA) is 103 Å². The van der Waals surface area contributed by atoms with E-state index < -0.39 is 0 Å². The van der Waals surface area contributed by atoms with Crippen LogP contribution in [0.4, 0.5) is 23.1 Å². The van der Waals surface area contributed by atoms with Crippen molar-refractivity contribution in [2.75, 3.05) is 42.3 Å². The number of fused-ring (bicyclic) bond motifs is 1. The largest absolute Gasteiger partial charge is 0.488 e. The minimum Gasteiger partial charge on any atom is -0.488 e. The van der Waals surface area contributed by atoms with Crippen molar-refractivity contribution in [3.8, 4) is 5.75 Å². The molecule has 10 nitrogen and oxygen atoms in total. The van der Waals surface area contributed by atoms with Gasteiger partial charge >= 0.3 is 0 Å². The average molecular weight is 562 g/mol. The zero-order valence-electron chi connectivity index (χ0n) is 24.6. The lowest BCUT2D eigenvalue weighted by atomic mass is 10.0. The number of aromatic nitrogens is 2. The molecule has 1 aromatic heterocycles. The number of nitrogens with one attached hydrogen (secondary N) is 2. The smallest absolute Gasteiger partial charge is 0.251 e. The predicted octanol–water partition coefficient (Wildman–Crippen LogP) is 4.48. The van der Waals surface area contributed by atoms with Gasteiger partial charge in [-0.05, 0) is 96.6 Å². The molecule has 0 spiro atoms. The van der Waals surface area contributed by atoms with Gasteiger partial charge in [0.15, 0.2) is 5.82 Å². The molecule has 10 heteroatoms. The molecule has 2 N–H and O–H groups in total. The van der Waals surface area contributed by atoms with E-state index in [1.165, 1.54) is 12.8 Å². The number of hydrogen-bond donors (Lipinski definition) is 2. The molecule has 2 aliphatic carbocycles. The van der Waals surface area contributed by atoms with E-state index in [-0.39, 0.29) is 30.0 Å². The Morgan fingerprint density at radius 1 is 1.00 bits per heavy atom. The van der Waals surface area contributed by atoms with Crippen molar-refractivity contribution in [1.29, 1.82) is 0 Å². The van der Waals surface area contributed by atoms with Crippen molar-refractivity contribution in [3.63, 3.8) is 0 Å². The van der Waals surface area contributed by atoms with Gasteiger partial charge in [0.1, 0.15) is 17.5 Å².